The van der Waals surface area contributed by atoms with Crippen LogP contribution in [0, 0.1) is 6.92 Å². The summed E-state index contributed by atoms with van der Waals surface area (Å²) in [6.45, 7) is 2.00. The van der Waals surface area contributed by atoms with Crippen molar-refractivity contribution < 1.29 is 27.1 Å². The zero-order valence-electron chi connectivity index (χ0n) is 20.2. The van der Waals surface area contributed by atoms with E-state index in [0.717, 1.165) is 11.0 Å². The molecule has 0 unspecified atom stereocenters. The van der Waals surface area contributed by atoms with Crippen LogP contribution in [0.5, 0.6) is 5.75 Å². The number of nitrogens with zero attached hydrogens (tertiary/aromatic N) is 2. The molecule has 0 saturated heterocycles. The highest BCUT2D eigenvalue weighted by Gasteiger charge is 2.31. The first-order chi connectivity index (χ1) is 18.0. The molecule has 8 nitrogen and oxygen atoms in total. The number of halogens is 3. The van der Waals surface area contributed by atoms with E-state index in [-0.39, 0.29) is 16.9 Å². The van der Waals surface area contributed by atoms with Crippen LogP contribution >= 0.6 is 0 Å². The van der Waals surface area contributed by atoms with E-state index >= 15 is 0 Å². The van der Waals surface area contributed by atoms with Crippen molar-refractivity contribution in [3.05, 3.63) is 87.8 Å². The number of benzene rings is 3. The number of anilines is 2. The first kappa shape index (κ1) is 24.9. The van der Waals surface area contributed by atoms with Gasteiger partial charge >= 0.3 is 12.0 Å². The lowest BCUT2D eigenvalue weighted by Gasteiger charge is -2.13. The molecule has 3 N–H and O–H groups in total. The number of amides is 1. The molecule has 0 fully saturated rings. The average Bonchev–Trinajstić information content (AvgIpc) is 3.14. The quantitative estimate of drug-likeness (QED) is 0.262. The molecule has 0 aliphatic carbocycles. The average molecular weight is 520 g/mol. The monoisotopic (exact) mass is 520 g/mol. The van der Waals surface area contributed by atoms with Crippen LogP contribution in [0.25, 0.3) is 22.0 Å². The fraction of sp³-hybridized carbons (Fsp3) is 0.115. The van der Waals surface area contributed by atoms with E-state index < -0.39 is 17.9 Å². The molecule has 2 aromatic heterocycles. The summed E-state index contributed by atoms with van der Waals surface area (Å²) in [7, 11) is 1.97. The Morgan fingerprint density at radius 1 is 1.16 bits per heavy atom. The molecule has 0 saturated carbocycles. The van der Waals surface area contributed by atoms with E-state index in [4.69, 9.17) is 15.1 Å². The van der Waals surface area contributed by atoms with E-state index in [1.807, 2.05) is 36.7 Å². The van der Waals surface area contributed by atoms with Crippen LogP contribution in [0.3, 0.4) is 0 Å². The fourth-order valence-corrected chi connectivity index (χ4v) is 4.37. The van der Waals surface area contributed by atoms with Gasteiger partial charge in [0, 0.05) is 17.1 Å². The number of primary amides is 1. The molecule has 192 valence electrons. The van der Waals surface area contributed by atoms with Gasteiger partial charge < -0.3 is 24.8 Å². The van der Waals surface area contributed by atoms with Gasteiger partial charge in [0.1, 0.15) is 24.7 Å². The third kappa shape index (κ3) is 4.92. The summed E-state index contributed by atoms with van der Waals surface area (Å²) in [6.07, 6.45) is -4.79. The number of hydrogen-bond acceptors (Lipinski definition) is 6. The number of fused-ring (bicyclic) bond motifs is 2. The van der Waals surface area contributed by atoms with Crippen molar-refractivity contribution in [3.8, 4) is 5.75 Å². The SMILES string of the molecule is Bc1cccc(Cn2c(Nc3ccc(OC(F)(F)F)cc3)nc3cc4c(C)c(C(N)=O)c(=O)oc4cc32)c1. The lowest BCUT2D eigenvalue weighted by Crippen LogP contribution is -2.22. The summed E-state index contributed by atoms with van der Waals surface area (Å²) < 4.78 is 48.8. The van der Waals surface area contributed by atoms with Crippen molar-refractivity contribution in [1.82, 2.24) is 9.55 Å². The van der Waals surface area contributed by atoms with Gasteiger partial charge in [0.15, 0.2) is 0 Å². The number of carbonyl (C=O) groups is 1. The number of hydrogen-bond donors (Lipinski definition) is 2. The Balaban J connectivity index is 1.64. The highest BCUT2D eigenvalue weighted by atomic mass is 19.4. The number of rotatable bonds is 6. The van der Waals surface area contributed by atoms with E-state index in [9.17, 15) is 22.8 Å². The maximum Gasteiger partial charge on any atom is 0.573 e. The van der Waals surface area contributed by atoms with E-state index in [2.05, 4.69) is 10.1 Å². The molecule has 5 rings (SSSR count). The molecular formula is C26H20BF3N4O4. The van der Waals surface area contributed by atoms with E-state index in [1.165, 1.54) is 24.3 Å². The Hall–Kier alpha value is -4.74. The maximum absolute atomic E-state index is 12.5. The van der Waals surface area contributed by atoms with Crippen LogP contribution in [0.2, 0.25) is 0 Å². The summed E-state index contributed by atoms with van der Waals surface area (Å²) in [5.41, 5.74) is 8.65. The zero-order valence-corrected chi connectivity index (χ0v) is 20.2. The molecule has 5 aromatic rings. The smallest absolute Gasteiger partial charge is 0.422 e. The van der Waals surface area contributed by atoms with E-state index in [1.54, 1.807) is 19.1 Å². The molecule has 0 spiro atoms. The van der Waals surface area contributed by atoms with Gasteiger partial charge in [0.2, 0.25) is 5.95 Å². The first-order valence-corrected chi connectivity index (χ1v) is 11.4. The number of nitrogens with one attached hydrogen (secondary N) is 1. The third-order valence-electron chi connectivity index (χ3n) is 6.05. The number of carbonyl (C=O) groups excluding carboxylic acids is 1. The molecule has 0 bridgehead atoms. The van der Waals surface area contributed by atoms with Crippen molar-refractivity contribution in [2.24, 2.45) is 5.73 Å². The molecule has 0 radical (unpaired) electrons. The molecule has 0 aliphatic heterocycles. The largest absolute Gasteiger partial charge is 0.573 e. The van der Waals surface area contributed by atoms with Gasteiger partial charge in [-0.3, -0.25) is 4.79 Å². The van der Waals surface area contributed by atoms with Gasteiger partial charge in [0.05, 0.1) is 17.6 Å². The minimum absolute atomic E-state index is 0.226. The van der Waals surface area contributed by atoms with Gasteiger partial charge in [-0.25, -0.2) is 9.78 Å². The fourth-order valence-electron chi connectivity index (χ4n) is 4.37. The Morgan fingerprint density at radius 2 is 1.89 bits per heavy atom. The van der Waals surface area contributed by atoms with Crippen LogP contribution in [-0.4, -0.2) is 29.7 Å². The zero-order chi connectivity index (χ0) is 27.2. The van der Waals surface area contributed by atoms with E-state index in [0.29, 0.717) is 40.2 Å². The molecule has 38 heavy (non-hydrogen) atoms. The van der Waals surface area contributed by atoms with Crippen LogP contribution in [-0.2, 0) is 6.54 Å². The van der Waals surface area contributed by atoms with Gasteiger partial charge in [-0.15, -0.1) is 13.2 Å². The van der Waals surface area contributed by atoms with Crippen molar-refractivity contribution >= 4 is 52.9 Å². The van der Waals surface area contributed by atoms with Crippen LogP contribution in [0.4, 0.5) is 24.8 Å². The normalized spacial score (nSPS) is 11.7. The molecule has 1 amide bonds. The lowest BCUT2D eigenvalue weighted by molar-refractivity contribution is -0.274. The summed E-state index contributed by atoms with van der Waals surface area (Å²) in [5, 5.41) is 3.65. The molecule has 12 heteroatoms. The number of alkyl halides is 3. The van der Waals surface area contributed by atoms with Crippen LogP contribution in [0.15, 0.2) is 69.9 Å². The standard InChI is InChI=1S/C26H20BF3N4O4/c1-13-18-10-19-20(11-21(18)37-24(36)22(13)23(31)35)34(12-14-3-2-4-15(27)9-14)25(33-19)32-16-5-7-17(8-6-16)38-26(28,29)30/h2-11H,12,27H2,1H3,(H2,31,35)(H,32,33). The molecule has 0 aliphatic rings. The maximum atomic E-state index is 12.5. The minimum atomic E-state index is -4.79. The van der Waals surface area contributed by atoms with Crippen LogP contribution < -0.4 is 26.9 Å². The number of ether oxygens (including phenoxy) is 1. The second-order valence-corrected chi connectivity index (χ2v) is 8.80. The summed E-state index contributed by atoms with van der Waals surface area (Å²) in [4.78, 5) is 28.9. The third-order valence-corrected chi connectivity index (χ3v) is 6.05. The predicted molar refractivity (Wildman–Crippen MR) is 139 cm³/mol. The Labute approximate surface area is 214 Å². The topological polar surface area (TPSA) is 112 Å². The lowest BCUT2D eigenvalue weighted by atomic mass is 9.94. The van der Waals surface area contributed by atoms with Gasteiger partial charge in [-0.2, -0.15) is 0 Å². The Bertz CT molecular complexity index is 1760. The van der Waals surface area contributed by atoms with Gasteiger partial charge in [-0.1, -0.05) is 29.7 Å². The predicted octanol–water partition coefficient (Wildman–Crippen LogP) is 3.50. The Kier molecular flexibility index (Phi) is 6.10. The van der Waals surface area contributed by atoms with Crippen molar-refractivity contribution in [2.75, 3.05) is 5.32 Å². The van der Waals surface area contributed by atoms with Crippen molar-refractivity contribution in [2.45, 2.75) is 19.8 Å². The molecule has 0 atom stereocenters. The minimum Gasteiger partial charge on any atom is -0.422 e. The second kappa shape index (κ2) is 9.29. The number of aromatic nitrogens is 2. The second-order valence-electron chi connectivity index (χ2n) is 8.80. The summed E-state index contributed by atoms with van der Waals surface area (Å²) >= 11 is 0. The number of nitrogens with two attached hydrogens (primary N) is 1. The molecular weight excluding hydrogens is 500 g/mol. The number of aryl methyl sites for hydroxylation is 1. The molecule has 3 aromatic carbocycles. The van der Waals surface area contributed by atoms with Gasteiger partial charge in [0.25, 0.3) is 5.91 Å². The first-order valence-electron chi connectivity index (χ1n) is 11.4. The highest BCUT2D eigenvalue weighted by molar-refractivity contribution is 6.32. The van der Waals surface area contributed by atoms with Crippen LogP contribution in [0.1, 0.15) is 21.5 Å². The molecule has 2 heterocycles. The van der Waals surface area contributed by atoms with Crippen molar-refractivity contribution in [3.63, 3.8) is 0 Å². The van der Waals surface area contributed by atoms with Crippen molar-refractivity contribution in [1.29, 1.82) is 0 Å². The summed E-state index contributed by atoms with van der Waals surface area (Å²) in [6, 6.07) is 16.5. The van der Waals surface area contributed by atoms with Gasteiger partial charge in [-0.05, 0) is 48.4 Å². The number of imidazole rings is 1. The highest BCUT2D eigenvalue weighted by Crippen LogP contribution is 2.31. The Morgan fingerprint density at radius 3 is 2.55 bits per heavy atom. The summed E-state index contributed by atoms with van der Waals surface area (Å²) in [5.74, 6) is -0.835.